The van der Waals surface area contributed by atoms with Gasteiger partial charge in [0.25, 0.3) is 0 Å². The van der Waals surface area contributed by atoms with Crippen LogP contribution in [0, 0.1) is 11.3 Å². The molecule has 2 fully saturated rings. The molecule has 20 heavy (non-hydrogen) atoms. The number of amidine groups is 1. The van der Waals surface area contributed by atoms with E-state index in [0.29, 0.717) is 25.7 Å². The Hall–Kier alpha value is -1.10. The topological polar surface area (TPSA) is 51.1 Å². The summed E-state index contributed by atoms with van der Waals surface area (Å²) in [6.45, 7) is 9.67. The normalized spacial score (nSPS) is 21.6. The second-order valence-electron chi connectivity index (χ2n) is 6.66. The molecular weight excluding hydrogens is 256 g/mol. The lowest BCUT2D eigenvalue weighted by atomic mass is 9.86. The van der Waals surface area contributed by atoms with Gasteiger partial charge in [0.1, 0.15) is 5.84 Å². The SMILES string of the molecule is CC(C)(C)/C(=N/C(=O)OCC1CCC1)N1CCOCC1. The van der Waals surface area contributed by atoms with Gasteiger partial charge in [0, 0.05) is 18.5 Å². The van der Waals surface area contributed by atoms with Crippen molar-refractivity contribution in [3.05, 3.63) is 0 Å². The summed E-state index contributed by atoms with van der Waals surface area (Å²) >= 11 is 0. The molecular formula is C15H26N2O3. The molecule has 5 heteroatoms. The molecule has 2 aliphatic rings. The molecule has 1 aliphatic heterocycles. The first kappa shape index (κ1) is 15.3. The third-order valence-corrected chi connectivity index (χ3v) is 3.85. The third-order valence-electron chi connectivity index (χ3n) is 3.85. The molecule has 0 bridgehead atoms. The Morgan fingerprint density at radius 1 is 1.30 bits per heavy atom. The fraction of sp³-hybridized carbons (Fsp3) is 0.867. The second kappa shape index (κ2) is 6.57. The molecule has 1 saturated heterocycles. The number of aliphatic imine (C=N–C) groups is 1. The number of hydrogen-bond donors (Lipinski definition) is 0. The summed E-state index contributed by atoms with van der Waals surface area (Å²) in [6.07, 6.45) is 3.15. The highest BCUT2D eigenvalue weighted by Crippen LogP contribution is 2.26. The van der Waals surface area contributed by atoms with Gasteiger partial charge in [-0.2, -0.15) is 4.99 Å². The van der Waals surface area contributed by atoms with Crippen LogP contribution in [0.25, 0.3) is 0 Å². The summed E-state index contributed by atoms with van der Waals surface area (Å²) in [4.78, 5) is 18.3. The van der Waals surface area contributed by atoms with Gasteiger partial charge in [0.15, 0.2) is 0 Å². The lowest BCUT2D eigenvalue weighted by Gasteiger charge is -2.35. The zero-order chi connectivity index (χ0) is 14.6. The van der Waals surface area contributed by atoms with Crippen LogP contribution in [-0.2, 0) is 9.47 Å². The minimum atomic E-state index is -0.451. The summed E-state index contributed by atoms with van der Waals surface area (Å²) in [7, 11) is 0. The summed E-state index contributed by atoms with van der Waals surface area (Å²) in [5, 5.41) is 0. The van der Waals surface area contributed by atoms with Crippen LogP contribution in [0.3, 0.4) is 0 Å². The number of amides is 1. The monoisotopic (exact) mass is 282 g/mol. The summed E-state index contributed by atoms with van der Waals surface area (Å²) in [5.41, 5.74) is -0.174. The zero-order valence-electron chi connectivity index (χ0n) is 12.9. The molecule has 0 atom stereocenters. The second-order valence-corrected chi connectivity index (χ2v) is 6.66. The summed E-state index contributed by atoms with van der Waals surface area (Å²) in [6, 6.07) is 0. The minimum Gasteiger partial charge on any atom is -0.448 e. The summed E-state index contributed by atoms with van der Waals surface area (Å²) < 4.78 is 10.6. The maximum atomic E-state index is 11.9. The molecule has 114 valence electrons. The highest BCUT2D eigenvalue weighted by Gasteiger charge is 2.28. The minimum absolute atomic E-state index is 0.174. The number of morpholine rings is 1. The highest BCUT2D eigenvalue weighted by atomic mass is 16.5. The lowest BCUT2D eigenvalue weighted by molar-refractivity contribution is 0.0639. The first-order valence-corrected chi connectivity index (χ1v) is 7.55. The first-order valence-electron chi connectivity index (χ1n) is 7.55. The molecule has 0 unspecified atom stereocenters. The van der Waals surface area contributed by atoms with E-state index in [2.05, 4.69) is 30.7 Å². The van der Waals surface area contributed by atoms with Gasteiger partial charge in [-0.05, 0) is 18.8 Å². The molecule has 0 N–H and O–H groups in total. The Kier molecular flexibility index (Phi) is 5.02. The zero-order valence-corrected chi connectivity index (χ0v) is 12.9. The predicted molar refractivity (Wildman–Crippen MR) is 78.0 cm³/mol. The van der Waals surface area contributed by atoms with Crippen LogP contribution in [-0.4, -0.2) is 49.7 Å². The Balaban J connectivity index is 1.96. The Bertz CT molecular complexity index is 364. The van der Waals surface area contributed by atoms with E-state index in [4.69, 9.17) is 9.47 Å². The van der Waals surface area contributed by atoms with Crippen LogP contribution >= 0.6 is 0 Å². The van der Waals surface area contributed by atoms with Crippen LogP contribution in [0.1, 0.15) is 40.0 Å². The van der Waals surface area contributed by atoms with Crippen molar-refractivity contribution in [2.45, 2.75) is 40.0 Å². The van der Waals surface area contributed by atoms with Gasteiger partial charge in [-0.25, -0.2) is 4.79 Å². The van der Waals surface area contributed by atoms with E-state index in [-0.39, 0.29) is 5.41 Å². The van der Waals surface area contributed by atoms with Crippen LogP contribution in [0.4, 0.5) is 4.79 Å². The van der Waals surface area contributed by atoms with Crippen LogP contribution in [0.2, 0.25) is 0 Å². The van der Waals surface area contributed by atoms with Gasteiger partial charge in [-0.15, -0.1) is 0 Å². The van der Waals surface area contributed by atoms with Crippen molar-refractivity contribution in [1.82, 2.24) is 4.90 Å². The van der Waals surface area contributed by atoms with E-state index in [1.807, 2.05) is 0 Å². The number of nitrogens with zero attached hydrogens (tertiary/aromatic N) is 2. The van der Waals surface area contributed by atoms with Crippen molar-refractivity contribution in [3.8, 4) is 0 Å². The molecule has 0 aromatic carbocycles. The van der Waals surface area contributed by atoms with Crippen LogP contribution in [0.5, 0.6) is 0 Å². The molecule has 1 amide bonds. The smallest absolute Gasteiger partial charge is 0.435 e. The average Bonchev–Trinajstić information content (AvgIpc) is 2.34. The van der Waals surface area contributed by atoms with Crippen molar-refractivity contribution < 1.29 is 14.3 Å². The van der Waals surface area contributed by atoms with Crippen LogP contribution in [0.15, 0.2) is 4.99 Å². The Morgan fingerprint density at radius 2 is 1.95 bits per heavy atom. The molecule has 1 heterocycles. The predicted octanol–water partition coefficient (Wildman–Crippen LogP) is 2.70. The quantitative estimate of drug-likeness (QED) is 0.577. The standard InChI is InChI=1S/C15H26N2O3/c1-15(2,3)13(17-7-9-19-10-8-17)16-14(18)20-11-12-5-4-6-12/h12H,4-11H2,1-3H3/b16-13-. The number of rotatable bonds is 2. The maximum absolute atomic E-state index is 11.9. The molecule has 5 nitrogen and oxygen atoms in total. The van der Waals surface area contributed by atoms with Gasteiger partial charge in [-0.3, -0.25) is 0 Å². The lowest BCUT2D eigenvalue weighted by Crippen LogP contribution is -2.46. The van der Waals surface area contributed by atoms with E-state index in [1.165, 1.54) is 19.3 Å². The van der Waals surface area contributed by atoms with E-state index in [0.717, 1.165) is 18.9 Å². The van der Waals surface area contributed by atoms with Gasteiger partial charge >= 0.3 is 6.09 Å². The van der Waals surface area contributed by atoms with E-state index < -0.39 is 6.09 Å². The number of ether oxygens (including phenoxy) is 2. The maximum Gasteiger partial charge on any atom is 0.435 e. The summed E-state index contributed by atoms with van der Waals surface area (Å²) in [5.74, 6) is 1.36. The van der Waals surface area contributed by atoms with Crippen molar-refractivity contribution >= 4 is 11.9 Å². The number of carbonyl (C=O) groups is 1. The molecule has 0 spiro atoms. The van der Waals surface area contributed by atoms with Crippen LogP contribution < -0.4 is 0 Å². The van der Waals surface area contributed by atoms with E-state index >= 15 is 0 Å². The highest BCUT2D eigenvalue weighted by molar-refractivity contribution is 5.95. The van der Waals surface area contributed by atoms with Crippen molar-refractivity contribution in [2.24, 2.45) is 16.3 Å². The van der Waals surface area contributed by atoms with Gasteiger partial charge in [0.2, 0.25) is 0 Å². The van der Waals surface area contributed by atoms with E-state index in [9.17, 15) is 4.79 Å². The average molecular weight is 282 g/mol. The van der Waals surface area contributed by atoms with Crippen molar-refractivity contribution in [3.63, 3.8) is 0 Å². The van der Waals surface area contributed by atoms with Gasteiger partial charge in [-0.1, -0.05) is 27.2 Å². The molecule has 1 saturated carbocycles. The van der Waals surface area contributed by atoms with E-state index in [1.54, 1.807) is 0 Å². The third kappa shape index (κ3) is 4.20. The molecule has 0 radical (unpaired) electrons. The van der Waals surface area contributed by atoms with Gasteiger partial charge < -0.3 is 14.4 Å². The van der Waals surface area contributed by atoms with Crippen molar-refractivity contribution in [1.29, 1.82) is 0 Å². The van der Waals surface area contributed by atoms with Gasteiger partial charge in [0.05, 0.1) is 19.8 Å². The Morgan fingerprint density at radius 3 is 2.45 bits per heavy atom. The fourth-order valence-corrected chi connectivity index (χ4v) is 2.46. The first-order chi connectivity index (χ1) is 9.47. The van der Waals surface area contributed by atoms with Crippen molar-refractivity contribution in [2.75, 3.05) is 32.9 Å². The molecule has 0 aromatic heterocycles. The largest absolute Gasteiger partial charge is 0.448 e. The number of carbonyl (C=O) groups excluding carboxylic acids is 1. The Labute approximate surface area is 121 Å². The molecule has 1 aliphatic carbocycles. The fourth-order valence-electron chi connectivity index (χ4n) is 2.46. The molecule has 2 rings (SSSR count). The number of hydrogen-bond acceptors (Lipinski definition) is 3. The molecule has 0 aromatic rings.